The van der Waals surface area contributed by atoms with Gasteiger partial charge in [-0.15, -0.1) is 0 Å². The summed E-state index contributed by atoms with van der Waals surface area (Å²) in [6, 6.07) is 11.6. The van der Waals surface area contributed by atoms with Crippen molar-refractivity contribution in [2.24, 2.45) is 0 Å². The second-order valence-electron chi connectivity index (χ2n) is 7.41. The maximum atomic E-state index is 13.2. The average molecular weight is 415 g/mol. The summed E-state index contributed by atoms with van der Waals surface area (Å²) in [6.07, 6.45) is -0.877. The summed E-state index contributed by atoms with van der Waals surface area (Å²) in [4.78, 5) is 25.4. The van der Waals surface area contributed by atoms with Gasteiger partial charge in [0.2, 0.25) is 0 Å². The molecule has 1 aromatic heterocycles. The van der Waals surface area contributed by atoms with Crippen LogP contribution in [-0.4, -0.2) is 15.7 Å². The third kappa shape index (κ3) is 3.81. The molecule has 0 saturated heterocycles. The molecule has 1 heterocycles. The van der Waals surface area contributed by atoms with Crippen molar-refractivity contribution in [1.82, 2.24) is 15.1 Å². The molecular weight excluding hydrogens is 395 g/mol. The smallest absolute Gasteiger partial charge is 0.346 e. The van der Waals surface area contributed by atoms with Crippen LogP contribution in [0.1, 0.15) is 53.3 Å². The standard InChI is InChI=1S/C22H20F3N3O2/c23-22(24,25)18-12-6-5-11-17(18)20(29)26-13-19-15-9-3-4-10-16(15)21(30)28(27-19)14-7-1-2-8-14/h3-6,9-12,14H,1-2,7-8,13H2,(H,26,29). The summed E-state index contributed by atoms with van der Waals surface area (Å²) in [7, 11) is 0. The van der Waals surface area contributed by atoms with E-state index in [0.717, 1.165) is 37.8 Å². The summed E-state index contributed by atoms with van der Waals surface area (Å²) in [5, 5.41) is 8.10. The Morgan fingerprint density at radius 3 is 2.37 bits per heavy atom. The van der Waals surface area contributed by atoms with E-state index >= 15 is 0 Å². The minimum absolute atomic E-state index is 0.00233. The van der Waals surface area contributed by atoms with Gasteiger partial charge >= 0.3 is 6.18 Å². The third-order valence-electron chi connectivity index (χ3n) is 5.47. The van der Waals surface area contributed by atoms with Gasteiger partial charge in [-0.1, -0.05) is 43.2 Å². The molecule has 1 N–H and O–H groups in total. The van der Waals surface area contributed by atoms with E-state index in [9.17, 15) is 22.8 Å². The highest BCUT2D eigenvalue weighted by molar-refractivity contribution is 5.96. The van der Waals surface area contributed by atoms with Crippen molar-refractivity contribution >= 4 is 16.7 Å². The molecule has 1 fully saturated rings. The molecule has 3 aromatic rings. The van der Waals surface area contributed by atoms with Gasteiger partial charge in [0, 0.05) is 5.39 Å². The first kappa shape index (κ1) is 20.1. The zero-order chi connectivity index (χ0) is 21.3. The molecule has 4 rings (SSSR count). The summed E-state index contributed by atoms with van der Waals surface area (Å²) in [5.74, 6) is -0.840. The van der Waals surface area contributed by atoms with Gasteiger partial charge in [0.05, 0.1) is 34.8 Å². The average Bonchev–Trinajstić information content (AvgIpc) is 3.27. The number of nitrogens with zero attached hydrogens (tertiary/aromatic N) is 2. The number of nitrogens with one attached hydrogen (secondary N) is 1. The van der Waals surface area contributed by atoms with Crippen molar-refractivity contribution < 1.29 is 18.0 Å². The van der Waals surface area contributed by atoms with Crippen molar-refractivity contribution in [2.75, 3.05) is 0 Å². The number of amides is 1. The number of alkyl halides is 3. The van der Waals surface area contributed by atoms with Gasteiger partial charge in [0.15, 0.2) is 0 Å². The predicted molar refractivity (Wildman–Crippen MR) is 106 cm³/mol. The highest BCUT2D eigenvalue weighted by Crippen LogP contribution is 2.32. The van der Waals surface area contributed by atoms with Crippen LogP contribution < -0.4 is 10.9 Å². The van der Waals surface area contributed by atoms with Crippen LogP contribution in [-0.2, 0) is 12.7 Å². The highest BCUT2D eigenvalue weighted by atomic mass is 19.4. The van der Waals surface area contributed by atoms with E-state index in [2.05, 4.69) is 10.4 Å². The molecule has 0 atom stereocenters. The number of benzene rings is 2. The lowest BCUT2D eigenvalue weighted by Crippen LogP contribution is -2.31. The van der Waals surface area contributed by atoms with Crippen LogP contribution in [0.15, 0.2) is 53.3 Å². The van der Waals surface area contributed by atoms with Crippen LogP contribution in [0.25, 0.3) is 10.8 Å². The quantitative estimate of drug-likeness (QED) is 0.684. The molecule has 1 saturated carbocycles. The molecular formula is C22H20F3N3O2. The monoisotopic (exact) mass is 415 g/mol. The topological polar surface area (TPSA) is 64.0 Å². The first-order valence-corrected chi connectivity index (χ1v) is 9.81. The first-order valence-electron chi connectivity index (χ1n) is 9.81. The van der Waals surface area contributed by atoms with E-state index < -0.39 is 23.2 Å². The fraction of sp³-hybridized carbons (Fsp3) is 0.318. The van der Waals surface area contributed by atoms with Gasteiger partial charge in [-0.2, -0.15) is 18.3 Å². The number of fused-ring (bicyclic) bond motifs is 1. The molecule has 2 aromatic carbocycles. The minimum atomic E-state index is -4.63. The summed E-state index contributed by atoms with van der Waals surface area (Å²) in [5.41, 5.74) is -1.17. The Kier molecular flexibility index (Phi) is 5.32. The van der Waals surface area contributed by atoms with Crippen molar-refractivity contribution in [1.29, 1.82) is 0 Å². The molecule has 0 aliphatic heterocycles. The fourth-order valence-corrected chi connectivity index (χ4v) is 3.99. The molecule has 0 bridgehead atoms. The lowest BCUT2D eigenvalue weighted by atomic mass is 10.1. The number of aromatic nitrogens is 2. The number of halogens is 3. The second kappa shape index (κ2) is 7.93. The number of hydrogen-bond donors (Lipinski definition) is 1. The Labute approximate surface area is 170 Å². The zero-order valence-corrected chi connectivity index (χ0v) is 16.1. The van der Waals surface area contributed by atoms with Crippen LogP contribution in [0.5, 0.6) is 0 Å². The number of hydrogen-bond acceptors (Lipinski definition) is 3. The van der Waals surface area contributed by atoms with Crippen molar-refractivity contribution in [3.05, 3.63) is 75.7 Å². The maximum absolute atomic E-state index is 13.2. The van der Waals surface area contributed by atoms with E-state index in [0.29, 0.717) is 16.5 Å². The van der Waals surface area contributed by atoms with Gasteiger partial charge < -0.3 is 5.32 Å². The minimum Gasteiger partial charge on any atom is -0.346 e. The van der Waals surface area contributed by atoms with E-state index in [4.69, 9.17) is 0 Å². The van der Waals surface area contributed by atoms with Crippen LogP contribution in [0, 0.1) is 0 Å². The number of rotatable bonds is 4. The van der Waals surface area contributed by atoms with Crippen LogP contribution in [0.4, 0.5) is 13.2 Å². The molecule has 5 nitrogen and oxygen atoms in total. The number of carbonyl (C=O) groups is 1. The van der Waals surface area contributed by atoms with E-state index in [1.165, 1.54) is 16.8 Å². The molecule has 1 aliphatic carbocycles. The molecule has 30 heavy (non-hydrogen) atoms. The van der Waals surface area contributed by atoms with E-state index in [1.54, 1.807) is 24.3 Å². The molecule has 0 unspecified atom stereocenters. The van der Waals surface area contributed by atoms with Crippen LogP contribution in [0.3, 0.4) is 0 Å². The van der Waals surface area contributed by atoms with Gasteiger partial charge in [-0.3, -0.25) is 9.59 Å². The Morgan fingerprint density at radius 1 is 1.03 bits per heavy atom. The van der Waals surface area contributed by atoms with Crippen LogP contribution in [0.2, 0.25) is 0 Å². The predicted octanol–water partition coefficient (Wildman–Crippen LogP) is 4.46. The van der Waals surface area contributed by atoms with Crippen LogP contribution >= 0.6 is 0 Å². The van der Waals surface area contributed by atoms with Crippen molar-refractivity contribution in [3.8, 4) is 0 Å². The second-order valence-corrected chi connectivity index (χ2v) is 7.41. The molecule has 1 amide bonds. The van der Waals surface area contributed by atoms with Gasteiger partial charge in [0.1, 0.15) is 0 Å². The Balaban J connectivity index is 1.67. The SMILES string of the molecule is O=C(NCc1nn(C2CCCC2)c(=O)c2ccccc12)c1ccccc1C(F)(F)F. The lowest BCUT2D eigenvalue weighted by molar-refractivity contribution is -0.137. The summed E-state index contributed by atoms with van der Waals surface area (Å²) >= 11 is 0. The van der Waals surface area contributed by atoms with E-state index in [-0.39, 0.29) is 18.1 Å². The zero-order valence-electron chi connectivity index (χ0n) is 16.1. The maximum Gasteiger partial charge on any atom is 0.417 e. The summed E-state index contributed by atoms with van der Waals surface area (Å²) < 4.78 is 41.1. The summed E-state index contributed by atoms with van der Waals surface area (Å²) in [6.45, 7) is -0.0848. The largest absolute Gasteiger partial charge is 0.417 e. The molecule has 8 heteroatoms. The molecule has 0 spiro atoms. The van der Waals surface area contributed by atoms with Crippen molar-refractivity contribution in [3.63, 3.8) is 0 Å². The first-order chi connectivity index (χ1) is 14.4. The van der Waals surface area contributed by atoms with Crippen molar-refractivity contribution in [2.45, 2.75) is 44.4 Å². The van der Waals surface area contributed by atoms with Gasteiger partial charge in [-0.25, -0.2) is 4.68 Å². The third-order valence-corrected chi connectivity index (χ3v) is 5.47. The van der Waals surface area contributed by atoms with Gasteiger partial charge in [0.25, 0.3) is 11.5 Å². The molecule has 156 valence electrons. The molecule has 0 radical (unpaired) electrons. The number of carbonyl (C=O) groups excluding carboxylic acids is 1. The Hall–Kier alpha value is -3.16. The molecule has 1 aliphatic rings. The highest BCUT2D eigenvalue weighted by Gasteiger charge is 2.34. The van der Waals surface area contributed by atoms with Gasteiger partial charge in [-0.05, 0) is 31.0 Å². The normalized spacial score (nSPS) is 14.9. The Morgan fingerprint density at radius 2 is 1.67 bits per heavy atom. The lowest BCUT2D eigenvalue weighted by Gasteiger charge is -2.16. The fourth-order valence-electron chi connectivity index (χ4n) is 3.99. The Bertz CT molecular complexity index is 1150. The van der Waals surface area contributed by atoms with E-state index in [1.807, 2.05) is 0 Å².